The Labute approximate surface area is 319 Å². The Morgan fingerprint density at radius 3 is 2.40 bits per heavy atom. The van der Waals surface area contributed by atoms with Crippen molar-refractivity contribution in [3.8, 4) is 11.1 Å². The molecule has 0 unspecified atom stereocenters. The maximum absolute atomic E-state index is 14.5. The number of cyclic esters (lactones) is 1. The van der Waals surface area contributed by atoms with Crippen molar-refractivity contribution in [2.75, 3.05) is 13.2 Å². The molecule has 2 saturated carbocycles. The first-order chi connectivity index (χ1) is 26.1. The number of carbonyl (C=O) groups excluding carboxylic acids is 4. The van der Waals surface area contributed by atoms with Gasteiger partial charge in [0.25, 0.3) is 5.91 Å². The van der Waals surface area contributed by atoms with Crippen molar-refractivity contribution in [2.45, 2.75) is 114 Å². The van der Waals surface area contributed by atoms with Crippen LogP contribution in [0.2, 0.25) is 0 Å². The number of halogens is 2. The number of amides is 4. The van der Waals surface area contributed by atoms with E-state index < -0.39 is 87.0 Å². The highest BCUT2D eigenvalue weighted by Gasteiger charge is 2.67. The first-order valence-electron chi connectivity index (χ1n) is 19.0. The van der Waals surface area contributed by atoms with E-state index in [0.29, 0.717) is 25.0 Å². The predicted molar refractivity (Wildman–Crippen MR) is 197 cm³/mol. The summed E-state index contributed by atoms with van der Waals surface area (Å²) in [7, 11) is -4.12. The normalized spacial score (nSPS) is 28.2. The van der Waals surface area contributed by atoms with Gasteiger partial charge in [0.1, 0.15) is 29.4 Å². The molecule has 2 aromatic carbocycles. The zero-order valence-corrected chi connectivity index (χ0v) is 31.9. The van der Waals surface area contributed by atoms with Gasteiger partial charge < -0.3 is 25.1 Å². The lowest BCUT2D eigenvalue weighted by Gasteiger charge is -2.35. The fourth-order valence-corrected chi connectivity index (χ4v) is 9.17. The topological polar surface area (TPSA) is 173 Å². The molecule has 2 heterocycles. The van der Waals surface area contributed by atoms with E-state index in [1.807, 2.05) is 29.0 Å². The van der Waals surface area contributed by atoms with Crippen molar-refractivity contribution in [1.29, 1.82) is 0 Å². The standard InChI is InChI=1S/C39H47F2N5O8S/c1-38(2,3)32-35(48)46-21-23(19-30(46)34(47)43-39(20-29(39)33(40)41)36(49)45-55(51,52)24-14-15-24)54-44-31-27-12-8-7-11-25(27)26-16-13-22(18-28(26)31)10-6-4-5-9-17-53-37(50)42-32/h7-8,11-13,16,18,23-24,29-30,32-33H,4-6,9-10,14-15,17,19-21H2,1-3H3,(H,42,50)(H,43,47)(H,45,49)/b44-31+/t23-,29+,30+,32-,39+/m1/s1. The van der Waals surface area contributed by atoms with Crippen LogP contribution in [0, 0.1) is 11.3 Å². The number of sulfonamides is 1. The number of alkyl halides is 2. The van der Waals surface area contributed by atoms with Crippen LogP contribution >= 0.6 is 0 Å². The zero-order valence-electron chi connectivity index (χ0n) is 31.1. The number of aryl methyl sites for hydroxylation is 1. The van der Waals surface area contributed by atoms with E-state index in [4.69, 9.17) is 9.57 Å². The SMILES string of the molecule is CC(C)(C)[C@@H]1NC(=O)OCCCCCCc2ccc3c(c2)/C(=N/O[C@@H]2C[C@@H](C(=O)N[C@@]4(C(=O)NS(=O)(=O)C5CC5)C[C@H]4C(F)F)N(C2)C1=O)c1ccccc1-3. The van der Waals surface area contributed by atoms with E-state index in [1.54, 1.807) is 20.8 Å². The second-order valence-electron chi connectivity index (χ2n) is 16.4. The molecule has 7 rings (SSSR count). The first kappa shape index (κ1) is 38.7. The molecule has 1 saturated heterocycles. The van der Waals surface area contributed by atoms with Gasteiger partial charge in [-0.05, 0) is 66.7 Å². The van der Waals surface area contributed by atoms with Gasteiger partial charge in [-0.2, -0.15) is 0 Å². The van der Waals surface area contributed by atoms with Crippen LogP contribution in [0.3, 0.4) is 0 Å². The lowest BCUT2D eigenvalue weighted by molar-refractivity contribution is -0.143. The maximum atomic E-state index is 14.5. The van der Waals surface area contributed by atoms with Crippen molar-refractivity contribution in [1.82, 2.24) is 20.3 Å². The summed E-state index contributed by atoms with van der Waals surface area (Å²) in [6.07, 6.45) is -0.524. The summed E-state index contributed by atoms with van der Waals surface area (Å²) in [5.41, 5.74) is 2.36. The van der Waals surface area contributed by atoms with Gasteiger partial charge in [-0.1, -0.05) is 75.2 Å². The Kier molecular flexibility index (Phi) is 10.4. The number of benzene rings is 2. The summed E-state index contributed by atoms with van der Waals surface area (Å²) in [4.78, 5) is 62.4. The number of carbonyl (C=O) groups is 4. The molecule has 16 heteroatoms. The van der Waals surface area contributed by atoms with E-state index in [2.05, 4.69) is 34.0 Å². The molecule has 55 heavy (non-hydrogen) atoms. The highest BCUT2D eigenvalue weighted by atomic mass is 32.2. The molecule has 0 aromatic heterocycles. The largest absolute Gasteiger partial charge is 0.450 e. The quantitative estimate of drug-likeness (QED) is 0.330. The fraction of sp³-hybridized carbons (Fsp3) is 0.564. The van der Waals surface area contributed by atoms with Gasteiger partial charge in [0.2, 0.25) is 28.3 Å². The molecule has 3 aliphatic carbocycles. The Hall–Kier alpha value is -4.60. The Morgan fingerprint density at radius 2 is 1.71 bits per heavy atom. The van der Waals surface area contributed by atoms with Gasteiger partial charge >= 0.3 is 6.09 Å². The smallest absolute Gasteiger partial charge is 0.407 e. The predicted octanol–water partition coefficient (Wildman–Crippen LogP) is 4.41. The van der Waals surface area contributed by atoms with Crippen LogP contribution in [-0.2, 0) is 40.4 Å². The summed E-state index contributed by atoms with van der Waals surface area (Å²) in [5, 5.41) is 8.91. The molecule has 296 valence electrons. The summed E-state index contributed by atoms with van der Waals surface area (Å²) in [6.45, 7) is 5.18. The third kappa shape index (κ3) is 7.92. The minimum Gasteiger partial charge on any atom is -0.450 e. The van der Waals surface area contributed by atoms with E-state index in [0.717, 1.165) is 53.5 Å². The number of ether oxygens (including phenoxy) is 1. The van der Waals surface area contributed by atoms with E-state index in [-0.39, 0.29) is 19.6 Å². The van der Waals surface area contributed by atoms with Gasteiger partial charge in [-0.15, -0.1) is 0 Å². The van der Waals surface area contributed by atoms with Crippen molar-refractivity contribution >= 4 is 39.5 Å². The maximum Gasteiger partial charge on any atom is 0.407 e. The summed E-state index contributed by atoms with van der Waals surface area (Å²) >= 11 is 0. The number of hydrogen-bond donors (Lipinski definition) is 3. The lowest BCUT2D eigenvalue weighted by atomic mass is 9.85. The number of rotatable bonds is 6. The molecule has 2 aliphatic heterocycles. The van der Waals surface area contributed by atoms with Gasteiger partial charge in [0.05, 0.1) is 24.3 Å². The number of fused-ring (bicyclic) bond motifs is 6. The van der Waals surface area contributed by atoms with Gasteiger partial charge in [0, 0.05) is 17.5 Å². The zero-order chi connectivity index (χ0) is 39.3. The third-order valence-electron chi connectivity index (χ3n) is 11.2. The van der Waals surface area contributed by atoms with Crippen LogP contribution in [0.4, 0.5) is 13.6 Å². The molecule has 2 aromatic rings. The average Bonchev–Trinajstić information content (AvgIpc) is 4.04. The molecule has 3 N–H and O–H groups in total. The molecule has 0 spiro atoms. The van der Waals surface area contributed by atoms with Crippen LogP contribution in [0.15, 0.2) is 47.6 Å². The van der Waals surface area contributed by atoms with Crippen LogP contribution in [0.25, 0.3) is 11.1 Å². The van der Waals surface area contributed by atoms with Gasteiger partial charge in [-0.25, -0.2) is 22.0 Å². The Bertz CT molecular complexity index is 2020. The summed E-state index contributed by atoms with van der Waals surface area (Å²) in [6, 6.07) is 11.5. The second kappa shape index (κ2) is 14.8. The van der Waals surface area contributed by atoms with Gasteiger partial charge in [0.15, 0.2) is 0 Å². The van der Waals surface area contributed by atoms with E-state index in [9.17, 15) is 36.4 Å². The summed E-state index contributed by atoms with van der Waals surface area (Å²) in [5.74, 6) is -4.48. The minimum absolute atomic E-state index is 0.137. The number of hydrogen-bond acceptors (Lipinski definition) is 9. The molecule has 5 atom stereocenters. The molecular formula is C39H47F2N5O8S. The van der Waals surface area contributed by atoms with E-state index >= 15 is 0 Å². The average molecular weight is 784 g/mol. The summed E-state index contributed by atoms with van der Waals surface area (Å²) < 4.78 is 60.9. The van der Waals surface area contributed by atoms with E-state index in [1.165, 1.54) is 4.90 Å². The third-order valence-corrected chi connectivity index (χ3v) is 13.0. The molecule has 4 bridgehead atoms. The van der Waals surface area contributed by atoms with Crippen molar-refractivity contribution in [3.63, 3.8) is 0 Å². The molecular weight excluding hydrogens is 737 g/mol. The monoisotopic (exact) mass is 783 g/mol. The van der Waals surface area contributed by atoms with Gasteiger partial charge in [-0.3, -0.25) is 19.1 Å². The number of oxime groups is 1. The van der Waals surface area contributed by atoms with Crippen LogP contribution in [0.1, 0.15) is 88.8 Å². The Balaban J connectivity index is 1.22. The molecule has 13 nitrogen and oxygen atoms in total. The minimum atomic E-state index is -4.12. The van der Waals surface area contributed by atoms with Crippen LogP contribution in [0.5, 0.6) is 0 Å². The molecule has 0 radical (unpaired) electrons. The number of nitrogens with zero attached hydrogens (tertiary/aromatic N) is 2. The number of alkyl carbamates (subject to hydrolysis) is 1. The second-order valence-corrected chi connectivity index (χ2v) is 18.3. The number of nitrogens with one attached hydrogen (secondary N) is 3. The first-order valence-corrected chi connectivity index (χ1v) is 20.5. The van der Waals surface area contributed by atoms with Crippen molar-refractivity contribution in [3.05, 3.63) is 59.2 Å². The van der Waals surface area contributed by atoms with Crippen molar-refractivity contribution in [2.24, 2.45) is 16.5 Å². The Morgan fingerprint density at radius 1 is 1.00 bits per heavy atom. The highest BCUT2D eigenvalue weighted by molar-refractivity contribution is 7.91. The van der Waals surface area contributed by atoms with Crippen LogP contribution < -0.4 is 15.4 Å². The highest BCUT2D eigenvalue weighted by Crippen LogP contribution is 2.48. The van der Waals surface area contributed by atoms with Crippen molar-refractivity contribution < 1.29 is 46.0 Å². The molecule has 3 fully saturated rings. The molecule has 5 aliphatic rings. The molecule has 4 amide bonds. The van der Waals surface area contributed by atoms with Crippen LogP contribution in [-0.4, -0.2) is 91.4 Å². The lowest BCUT2D eigenvalue weighted by Crippen LogP contribution is -2.60. The fourth-order valence-electron chi connectivity index (χ4n) is 7.80.